The minimum Gasteiger partial charge on any atom is -0.384 e. The first-order valence-corrected chi connectivity index (χ1v) is 8.04. The molecule has 0 amide bonds. The van der Waals surface area contributed by atoms with E-state index in [2.05, 4.69) is 47.3 Å². The molecule has 0 spiro atoms. The van der Waals surface area contributed by atoms with Gasteiger partial charge in [-0.25, -0.2) is 0 Å². The van der Waals surface area contributed by atoms with Gasteiger partial charge in [-0.05, 0) is 50.0 Å². The second kappa shape index (κ2) is 6.15. The molecule has 1 fully saturated rings. The maximum Gasteiger partial charge on any atom is 0.0373 e. The molecule has 2 heterocycles. The third kappa shape index (κ3) is 2.99. The van der Waals surface area contributed by atoms with Gasteiger partial charge in [0.25, 0.3) is 0 Å². The lowest BCUT2D eigenvalue weighted by atomic mass is 10.1. The molecule has 3 rings (SSSR count). The Morgan fingerprint density at radius 3 is 3.05 bits per heavy atom. The fourth-order valence-electron chi connectivity index (χ4n) is 3.58. The smallest absolute Gasteiger partial charge is 0.0373 e. The van der Waals surface area contributed by atoms with Crippen molar-refractivity contribution in [3.8, 4) is 0 Å². The number of nitrogens with one attached hydrogen (secondary N) is 1. The van der Waals surface area contributed by atoms with Gasteiger partial charge in [-0.3, -0.25) is 4.90 Å². The van der Waals surface area contributed by atoms with Crippen LogP contribution in [0.5, 0.6) is 0 Å². The van der Waals surface area contributed by atoms with Crippen molar-refractivity contribution in [1.29, 1.82) is 0 Å². The van der Waals surface area contributed by atoms with Crippen LogP contribution in [-0.2, 0) is 13.0 Å². The summed E-state index contributed by atoms with van der Waals surface area (Å²) < 4.78 is 0. The Morgan fingerprint density at radius 2 is 2.20 bits per heavy atom. The van der Waals surface area contributed by atoms with Gasteiger partial charge < -0.3 is 10.2 Å². The molecule has 1 atom stereocenters. The molecular weight excluding hydrogens is 246 g/mol. The molecule has 110 valence electrons. The molecule has 3 nitrogen and oxygen atoms in total. The van der Waals surface area contributed by atoms with Crippen LogP contribution < -0.4 is 5.32 Å². The summed E-state index contributed by atoms with van der Waals surface area (Å²) in [5.74, 6) is 0. The Kier molecular flexibility index (Phi) is 4.27. The number of fused-ring (bicyclic) bond motifs is 1. The van der Waals surface area contributed by atoms with Gasteiger partial charge in [0.05, 0.1) is 0 Å². The van der Waals surface area contributed by atoms with Crippen molar-refractivity contribution >= 4 is 5.69 Å². The van der Waals surface area contributed by atoms with E-state index in [4.69, 9.17) is 0 Å². The quantitative estimate of drug-likeness (QED) is 0.913. The van der Waals surface area contributed by atoms with E-state index < -0.39 is 0 Å². The zero-order valence-electron chi connectivity index (χ0n) is 12.9. The first-order chi connectivity index (χ1) is 9.76. The van der Waals surface area contributed by atoms with Crippen LogP contribution in [0.2, 0.25) is 0 Å². The van der Waals surface area contributed by atoms with Gasteiger partial charge in [-0.15, -0.1) is 0 Å². The van der Waals surface area contributed by atoms with Gasteiger partial charge in [0.2, 0.25) is 0 Å². The van der Waals surface area contributed by atoms with Crippen LogP contribution >= 0.6 is 0 Å². The number of benzene rings is 1. The van der Waals surface area contributed by atoms with Crippen LogP contribution in [0.25, 0.3) is 0 Å². The molecule has 0 saturated carbocycles. The largest absolute Gasteiger partial charge is 0.384 e. The minimum absolute atomic E-state index is 0.703. The van der Waals surface area contributed by atoms with Crippen molar-refractivity contribution in [3.63, 3.8) is 0 Å². The maximum atomic E-state index is 3.45. The van der Waals surface area contributed by atoms with Crippen LogP contribution in [0.15, 0.2) is 18.2 Å². The Balaban J connectivity index is 1.72. The molecule has 1 N–H and O–H groups in total. The molecule has 0 bridgehead atoms. The van der Waals surface area contributed by atoms with Crippen LogP contribution in [0.1, 0.15) is 30.9 Å². The van der Waals surface area contributed by atoms with Gasteiger partial charge in [-0.1, -0.05) is 19.1 Å². The number of hydrogen-bond acceptors (Lipinski definition) is 3. The summed E-state index contributed by atoms with van der Waals surface area (Å²) in [6, 6.07) is 7.69. The first-order valence-electron chi connectivity index (χ1n) is 8.04. The summed E-state index contributed by atoms with van der Waals surface area (Å²) in [5.41, 5.74) is 4.33. The van der Waals surface area contributed by atoms with E-state index in [0.29, 0.717) is 6.04 Å². The van der Waals surface area contributed by atoms with Crippen molar-refractivity contribution in [1.82, 2.24) is 9.80 Å². The number of likely N-dealkylation sites (N-methyl/N-ethyl adjacent to an activating group) is 1. The van der Waals surface area contributed by atoms with Crippen molar-refractivity contribution in [2.75, 3.05) is 38.5 Å². The number of anilines is 1. The molecule has 1 aromatic carbocycles. The number of nitrogens with zero attached hydrogens (tertiary/aromatic N) is 2. The van der Waals surface area contributed by atoms with Crippen LogP contribution in [0.4, 0.5) is 5.69 Å². The summed E-state index contributed by atoms with van der Waals surface area (Å²) in [4.78, 5) is 5.17. The highest BCUT2D eigenvalue weighted by Crippen LogP contribution is 2.24. The van der Waals surface area contributed by atoms with Gasteiger partial charge in [0.1, 0.15) is 0 Å². The molecule has 0 aromatic heterocycles. The standard InChI is InChI=1S/C17H27N3/c1-3-16-13-19(2)9-4-10-20(16)12-14-5-6-17-15(11-14)7-8-18-17/h5-6,11,16,18H,3-4,7-10,12-13H2,1-2H3. The summed E-state index contributed by atoms with van der Waals surface area (Å²) in [7, 11) is 2.26. The minimum atomic E-state index is 0.703. The SMILES string of the molecule is CCC1CN(C)CCCN1Cc1ccc2c(c1)CCN2. The Hall–Kier alpha value is -1.06. The van der Waals surface area contributed by atoms with E-state index in [1.165, 1.54) is 55.7 Å². The van der Waals surface area contributed by atoms with Crippen molar-refractivity contribution < 1.29 is 0 Å². The van der Waals surface area contributed by atoms with E-state index in [-0.39, 0.29) is 0 Å². The molecule has 20 heavy (non-hydrogen) atoms. The topological polar surface area (TPSA) is 18.5 Å². The summed E-state index contributed by atoms with van der Waals surface area (Å²) in [6.45, 7) is 8.22. The predicted molar refractivity (Wildman–Crippen MR) is 85.2 cm³/mol. The van der Waals surface area contributed by atoms with E-state index in [1.807, 2.05) is 0 Å². The molecule has 1 unspecified atom stereocenters. The number of rotatable bonds is 3. The highest BCUT2D eigenvalue weighted by atomic mass is 15.2. The van der Waals surface area contributed by atoms with Crippen molar-refractivity contribution in [2.24, 2.45) is 0 Å². The van der Waals surface area contributed by atoms with Gasteiger partial charge >= 0.3 is 0 Å². The fraction of sp³-hybridized carbons (Fsp3) is 0.647. The van der Waals surface area contributed by atoms with Crippen LogP contribution in [0, 0.1) is 0 Å². The second-order valence-electron chi connectivity index (χ2n) is 6.32. The lowest BCUT2D eigenvalue weighted by Gasteiger charge is -2.30. The lowest BCUT2D eigenvalue weighted by Crippen LogP contribution is -2.39. The van der Waals surface area contributed by atoms with Gasteiger partial charge in [0, 0.05) is 37.9 Å². The third-order valence-electron chi connectivity index (χ3n) is 4.76. The fourth-order valence-corrected chi connectivity index (χ4v) is 3.58. The normalized spacial score (nSPS) is 24.2. The molecule has 3 heteroatoms. The van der Waals surface area contributed by atoms with E-state index in [1.54, 1.807) is 0 Å². The highest BCUT2D eigenvalue weighted by molar-refractivity contribution is 5.56. The molecule has 2 aliphatic rings. The number of hydrogen-bond donors (Lipinski definition) is 1. The molecule has 1 saturated heterocycles. The zero-order chi connectivity index (χ0) is 13.9. The molecular formula is C17H27N3. The second-order valence-corrected chi connectivity index (χ2v) is 6.32. The van der Waals surface area contributed by atoms with Gasteiger partial charge in [0.15, 0.2) is 0 Å². The third-order valence-corrected chi connectivity index (χ3v) is 4.76. The predicted octanol–water partition coefficient (Wildman–Crippen LogP) is 2.57. The monoisotopic (exact) mass is 273 g/mol. The lowest BCUT2D eigenvalue weighted by molar-refractivity contribution is 0.176. The van der Waals surface area contributed by atoms with Crippen LogP contribution in [0.3, 0.4) is 0 Å². The molecule has 0 aliphatic carbocycles. The van der Waals surface area contributed by atoms with Crippen LogP contribution in [-0.4, -0.2) is 49.1 Å². The Bertz CT molecular complexity index is 458. The van der Waals surface area contributed by atoms with Crippen molar-refractivity contribution in [3.05, 3.63) is 29.3 Å². The zero-order valence-corrected chi connectivity index (χ0v) is 12.9. The van der Waals surface area contributed by atoms with E-state index >= 15 is 0 Å². The van der Waals surface area contributed by atoms with Gasteiger partial charge in [-0.2, -0.15) is 0 Å². The Morgan fingerprint density at radius 1 is 1.30 bits per heavy atom. The van der Waals surface area contributed by atoms with E-state index in [9.17, 15) is 0 Å². The maximum absolute atomic E-state index is 3.45. The molecule has 2 aliphatic heterocycles. The summed E-state index contributed by atoms with van der Waals surface area (Å²) in [5, 5.41) is 3.45. The highest BCUT2D eigenvalue weighted by Gasteiger charge is 2.22. The molecule has 1 aromatic rings. The van der Waals surface area contributed by atoms with E-state index in [0.717, 1.165) is 13.1 Å². The van der Waals surface area contributed by atoms with Crippen molar-refractivity contribution in [2.45, 2.75) is 38.8 Å². The molecule has 0 radical (unpaired) electrons. The average Bonchev–Trinajstić information content (AvgIpc) is 2.83. The first kappa shape index (κ1) is 13.9. The summed E-state index contributed by atoms with van der Waals surface area (Å²) in [6.07, 6.45) is 3.72. The average molecular weight is 273 g/mol. The summed E-state index contributed by atoms with van der Waals surface area (Å²) >= 11 is 0. The Labute approximate surface area is 123 Å².